The van der Waals surface area contributed by atoms with Crippen LogP contribution in [0.25, 0.3) is 0 Å². The second-order valence-electron chi connectivity index (χ2n) is 7.90. The molecule has 0 amide bonds. The van der Waals surface area contributed by atoms with Crippen LogP contribution in [0.4, 0.5) is 0 Å². The summed E-state index contributed by atoms with van der Waals surface area (Å²) in [5.41, 5.74) is 0.254. The molecule has 4 nitrogen and oxygen atoms in total. The van der Waals surface area contributed by atoms with E-state index < -0.39 is 0 Å². The molecule has 2 fully saturated rings. The molecule has 0 radical (unpaired) electrons. The van der Waals surface area contributed by atoms with Gasteiger partial charge in [0.1, 0.15) is 6.10 Å². The molecule has 4 heteroatoms. The summed E-state index contributed by atoms with van der Waals surface area (Å²) in [6, 6.07) is 0. The molecule has 2 rings (SSSR count). The van der Waals surface area contributed by atoms with Gasteiger partial charge in [0, 0.05) is 6.61 Å². The van der Waals surface area contributed by atoms with Gasteiger partial charge in [-0.2, -0.15) is 0 Å². The Hall–Kier alpha value is -0.160. The van der Waals surface area contributed by atoms with Gasteiger partial charge in [0.05, 0.1) is 13.7 Å². The highest BCUT2D eigenvalue weighted by Gasteiger charge is 2.53. The Balaban J connectivity index is 1.99. The lowest BCUT2D eigenvalue weighted by Gasteiger charge is -2.35. The van der Waals surface area contributed by atoms with Gasteiger partial charge in [-0.25, -0.2) is 9.78 Å². The number of aliphatic hydroxyl groups excluding tert-OH is 2. The first kappa shape index (κ1) is 18.2. The Kier molecular flexibility index (Phi) is 6.29. The van der Waals surface area contributed by atoms with E-state index in [1.165, 1.54) is 32.8 Å². The van der Waals surface area contributed by atoms with Crippen LogP contribution in [-0.2, 0) is 9.78 Å². The zero-order chi connectivity index (χ0) is 16.3. The van der Waals surface area contributed by atoms with Crippen LogP contribution in [-0.4, -0.2) is 36.6 Å². The lowest BCUT2D eigenvalue weighted by molar-refractivity contribution is -0.326. The molecule has 0 aromatic rings. The molecule has 22 heavy (non-hydrogen) atoms. The molecule has 2 saturated carbocycles. The van der Waals surface area contributed by atoms with Gasteiger partial charge in [-0.3, -0.25) is 0 Å². The minimum absolute atomic E-state index is 0.00511. The van der Waals surface area contributed by atoms with Crippen molar-refractivity contribution in [2.45, 2.75) is 59.0 Å². The zero-order valence-electron chi connectivity index (χ0n) is 14.6. The van der Waals surface area contributed by atoms with Crippen molar-refractivity contribution in [2.24, 2.45) is 35.0 Å². The number of hydrogen-bond donors (Lipinski definition) is 2. The van der Waals surface area contributed by atoms with Gasteiger partial charge in [-0.15, -0.1) is 0 Å². The Morgan fingerprint density at radius 3 is 2.32 bits per heavy atom. The Morgan fingerprint density at radius 1 is 1.23 bits per heavy atom. The number of rotatable bonds is 11. The minimum Gasteiger partial charge on any atom is -0.396 e. The molecular formula is C18H34O4. The molecule has 130 valence electrons. The average Bonchev–Trinajstić information content (AvgIpc) is 3.41. The van der Waals surface area contributed by atoms with Gasteiger partial charge >= 0.3 is 0 Å². The largest absolute Gasteiger partial charge is 0.396 e. The van der Waals surface area contributed by atoms with Crippen LogP contribution in [0.5, 0.6) is 0 Å². The summed E-state index contributed by atoms with van der Waals surface area (Å²) in [6.07, 6.45) is 5.72. The van der Waals surface area contributed by atoms with Crippen molar-refractivity contribution in [3.8, 4) is 0 Å². The molecule has 2 N–H and O–H groups in total. The molecule has 0 aliphatic heterocycles. The highest BCUT2D eigenvalue weighted by molar-refractivity contribution is 5.02. The van der Waals surface area contributed by atoms with Crippen molar-refractivity contribution in [3.63, 3.8) is 0 Å². The van der Waals surface area contributed by atoms with Gasteiger partial charge in [-0.05, 0) is 60.7 Å². The van der Waals surface area contributed by atoms with Crippen molar-refractivity contribution in [1.82, 2.24) is 0 Å². The van der Waals surface area contributed by atoms with Crippen LogP contribution in [0.3, 0.4) is 0 Å². The van der Waals surface area contributed by atoms with Crippen molar-refractivity contribution in [2.75, 3.05) is 20.3 Å². The first-order chi connectivity index (χ1) is 10.5. The highest BCUT2D eigenvalue weighted by Crippen LogP contribution is 2.60. The van der Waals surface area contributed by atoms with E-state index in [1.807, 2.05) is 0 Å². The second-order valence-corrected chi connectivity index (χ2v) is 7.90. The first-order valence-corrected chi connectivity index (χ1v) is 8.93. The fourth-order valence-electron chi connectivity index (χ4n) is 4.59. The average molecular weight is 314 g/mol. The standard InChI is InChI=1S/C18H34O4/c1-5-14(17(12(2)3)16(10-19)22-21-4)15-8-13(15)9-18(11-20)6-7-18/h12-17,19-20H,5-11H2,1-4H3/t13?,14?,15-,16-,17?/m1/s1. The van der Waals surface area contributed by atoms with Gasteiger partial charge in [0.15, 0.2) is 0 Å². The summed E-state index contributed by atoms with van der Waals surface area (Å²) in [6.45, 7) is 7.03. The summed E-state index contributed by atoms with van der Waals surface area (Å²) in [5, 5.41) is 19.2. The van der Waals surface area contributed by atoms with E-state index in [0.717, 1.165) is 18.3 Å². The van der Waals surface area contributed by atoms with E-state index in [2.05, 4.69) is 20.8 Å². The molecule has 0 bridgehead atoms. The van der Waals surface area contributed by atoms with Crippen LogP contribution in [0.2, 0.25) is 0 Å². The van der Waals surface area contributed by atoms with Gasteiger partial charge in [0.25, 0.3) is 0 Å². The molecule has 0 heterocycles. The number of aliphatic hydroxyl groups is 2. The fourth-order valence-corrected chi connectivity index (χ4v) is 4.59. The quantitative estimate of drug-likeness (QED) is 0.455. The maximum absolute atomic E-state index is 9.69. The molecule has 0 spiro atoms. The fraction of sp³-hybridized carbons (Fsp3) is 1.00. The zero-order valence-corrected chi connectivity index (χ0v) is 14.6. The molecular weight excluding hydrogens is 280 g/mol. The van der Waals surface area contributed by atoms with E-state index in [1.54, 1.807) is 0 Å². The predicted octanol–water partition coefficient (Wildman–Crippen LogP) is 3.02. The summed E-state index contributed by atoms with van der Waals surface area (Å²) < 4.78 is 0. The van der Waals surface area contributed by atoms with Crippen LogP contribution >= 0.6 is 0 Å². The third kappa shape index (κ3) is 4.02. The van der Waals surface area contributed by atoms with Gasteiger partial charge in [-0.1, -0.05) is 27.2 Å². The third-order valence-corrected chi connectivity index (χ3v) is 6.08. The van der Waals surface area contributed by atoms with Gasteiger partial charge in [0.2, 0.25) is 0 Å². The Bertz CT molecular complexity index is 340. The predicted molar refractivity (Wildman–Crippen MR) is 86.0 cm³/mol. The maximum Gasteiger partial charge on any atom is 0.119 e. The summed E-state index contributed by atoms with van der Waals surface area (Å²) >= 11 is 0. The van der Waals surface area contributed by atoms with Crippen molar-refractivity contribution in [1.29, 1.82) is 0 Å². The first-order valence-electron chi connectivity index (χ1n) is 8.93. The molecule has 2 aliphatic carbocycles. The van der Waals surface area contributed by atoms with Crippen molar-refractivity contribution < 1.29 is 20.0 Å². The van der Waals surface area contributed by atoms with Crippen LogP contribution < -0.4 is 0 Å². The monoisotopic (exact) mass is 314 g/mol. The molecule has 5 atom stereocenters. The topological polar surface area (TPSA) is 58.9 Å². The summed E-state index contributed by atoms with van der Waals surface area (Å²) in [5.74, 6) is 2.80. The van der Waals surface area contributed by atoms with E-state index in [4.69, 9.17) is 9.78 Å². The van der Waals surface area contributed by atoms with Crippen molar-refractivity contribution in [3.05, 3.63) is 0 Å². The van der Waals surface area contributed by atoms with E-state index >= 15 is 0 Å². The normalized spacial score (nSPS) is 30.1. The molecule has 3 unspecified atom stereocenters. The molecule has 0 aromatic carbocycles. The van der Waals surface area contributed by atoms with Crippen LogP contribution in [0, 0.1) is 35.0 Å². The van der Waals surface area contributed by atoms with E-state index in [9.17, 15) is 10.2 Å². The van der Waals surface area contributed by atoms with Gasteiger partial charge < -0.3 is 10.2 Å². The SMILES string of the molecule is CCC(C(C(C)C)[C@@H](CO)OOC)[C@@H]1CC1CC1(CO)CC1. The smallest absolute Gasteiger partial charge is 0.119 e. The summed E-state index contributed by atoms with van der Waals surface area (Å²) in [4.78, 5) is 10.2. The van der Waals surface area contributed by atoms with E-state index in [-0.39, 0.29) is 18.1 Å². The lowest BCUT2D eigenvalue weighted by Crippen LogP contribution is -2.37. The van der Waals surface area contributed by atoms with Crippen LogP contribution in [0.1, 0.15) is 52.9 Å². The Labute approximate surface area is 135 Å². The maximum atomic E-state index is 9.69. The highest BCUT2D eigenvalue weighted by atomic mass is 17.2. The second kappa shape index (κ2) is 7.61. The summed E-state index contributed by atoms with van der Waals surface area (Å²) in [7, 11) is 1.51. The minimum atomic E-state index is -0.246. The lowest BCUT2D eigenvalue weighted by atomic mass is 9.74. The molecule has 0 saturated heterocycles. The Morgan fingerprint density at radius 2 is 1.91 bits per heavy atom. The molecule has 2 aliphatic rings. The molecule has 0 aromatic heterocycles. The number of hydrogen-bond acceptors (Lipinski definition) is 4. The van der Waals surface area contributed by atoms with Crippen molar-refractivity contribution >= 4 is 0 Å². The third-order valence-electron chi connectivity index (χ3n) is 6.08. The van der Waals surface area contributed by atoms with E-state index in [0.29, 0.717) is 24.4 Å². The van der Waals surface area contributed by atoms with Crippen LogP contribution in [0.15, 0.2) is 0 Å².